The number of fused-ring (bicyclic) bond motifs is 3. The van der Waals surface area contributed by atoms with Crippen LogP contribution in [0.5, 0.6) is 0 Å². The second kappa shape index (κ2) is 5.98. The molecule has 0 fully saturated rings. The maximum absolute atomic E-state index is 4.27. The molecule has 110 valence electrons. The van der Waals surface area contributed by atoms with Crippen LogP contribution < -0.4 is 0 Å². The van der Waals surface area contributed by atoms with Crippen molar-refractivity contribution in [3.8, 4) is 0 Å². The summed E-state index contributed by atoms with van der Waals surface area (Å²) >= 11 is 3.58. The molecule has 0 N–H and O–H groups in total. The van der Waals surface area contributed by atoms with Crippen LogP contribution >= 0.6 is 15.9 Å². The summed E-state index contributed by atoms with van der Waals surface area (Å²) in [5.74, 6) is 0. The molecule has 0 aliphatic carbocycles. The van der Waals surface area contributed by atoms with Crippen LogP contribution in [0.15, 0.2) is 77.5 Å². The van der Waals surface area contributed by atoms with Gasteiger partial charge >= 0.3 is 0 Å². The maximum Gasteiger partial charge on any atom is 0.0352 e. The van der Waals surface area contributed by atoms with Crippen molar-refractivity contribution < 1.29 is 0 Å². The Bertz CT molecular complexity index is 1030. The molecule has 0 aliphatic rings. The smallest absolute Gasteiger partial charge is 0.0352 e. The van der Waals surface area contributed by atoms with E-state index in [9.17, 15) is 0 Å². The molecule has 0 saturated carbocycles. The van der Waals surface area contributed by atoms with E-state index in [1.54, 1.807) is 0 Å². The van der Waals surface area contributed by atoms with Crippen LogP contribution in [0.1, 0.15) is 11.1 Å². The number of benzene rings is 3. The molecule has 0 radical (unpaired) electrons. The Kier molecular flexibility index (Phi) is 3.68. The lowest BCUT2D eigenvalue weighted by molar-refractivity contribution is 1.37. The zero-order valence-electron chi connectivity index (χ0n) is 12.4. The molecule has 1 heterocycles. The van der Waals surface area contributed by atoms with Gasteiger partial charge in [-0.05, 0) is 45.5 Å². The predicted molar refractivity (Wildman–Crippen MR) is 102 cm³/mol. The van der Waals surface area contributed by atoms with Crippen molar-refractivity contribution in [1.29, 1.82) is 0 Å². The molecule has 4 aromatic rings. The minimum absolute atomic E-state index is 1.10. The number of rotatable bonds is 2. The second-order valence-corrected chi connectivity index (χ2v) is 6.35. The highest BCUT2D eigenvalue weighted by molar-refractivity contribution is 9.10. The molecule has 23 heavy (non-hydrogen) atoms. The Morgan fingerprint density at radius 1 is 0.783 bits per heavy atom. The average Bonchev–Trinajstić information content (AvgIpc) is 2.61. The van der Waals surface area contributed by atoms with E-state index in [1.165, 1.54) is 32.7 Å². The molecule has 0 spiro atoms. The molecule has 0 unspecified atom stereocenters. The van der Waals surface area contributed by atoms with Gasteiger partial charge in [0.15, 0.2) is 0 Å². The highest BCUT2D eigenvalue weighted by Gasteiger charge is 2.01. The molecule has 0 bridgehead atoms. The van der Waals surface area contributed by atoms with Crippen LogP contribution in [0.2, 0.25) is 0 Å². The number of hydrogen-bond acceptors (Lipinski definition) is 1. The van der Waals surface area contributed by atoms with E-state index in [0.29, 0.717) is 0 Å². The normalized spacial score (nSPS) is 11.5. The standard InChI is InChI=1S/C21H14BrN/c22-21-4-2-1-3-18(21)8-6-15-5-7-16-9-10-17-11-12-23-14-20(17)19(16)13-15/h1-14H/b8-6-. The Morgan fingerprint density at radius 2 is 1.57 bits per heavy atom. The lowest BCUT2D eigenvalue weighted by Crippen LogP contribution is -1.81. The summed E-state index contributed by atoms with van der Waals surface area (Å²) in [4.78, 5) is 4.27. The van der Waals surface area contributed by atoms with Gasteiger partial charge in [0.2, 0.25) is 0 Å². The van der Waals surface area contributed by atoms with Crippen molar-refractivity contribution in [3.63, 3.8) is 0 Å². The van der Waals surface area contributed by atoms with Gasteiger partial charge in [0.1, 0.15) is 0 Å². The van der Waals surface area contributed by atoms with Crippen LogP contribution in [0.4, 0.5) is 0 Å². The van der Waals surface area contributed by atoms with Crippen LogP contribution in [-0.2, 0) is 0 Å². The van der Waals surface area contributed by atoms with Crippen molar-refractivity contribution in [2.45, 2.75) is 0 Å². The molecule has 0 atom stereocenters. The van der Waals surface area contributed by atoms with E-state index in [4.69, 9.17) is 0 Å². The summed E-state index contributed by atoms with van der Waals surface area (Å²) in [6, 6.07) is 21.1. The number of pyridine rings is 1. The van der Waals surface area contributed by atoms with E-state index in [1.807, 2.05) is 24.5 Å². The van der Waals surface area contributed by atoms with Gasteiger partial charge in [0.05, 0.1) is 0 Å². The lowest BCUT2D eigenvalue weighted by atomic mass is 10.0. The van der Waals surface area contributed by atoms with E-state index in [0.717, 1.165) is 4.47 Å². The molecule has 1 aromatic heterocycles. The zero-order chi connectivity index (χ0) is 15.6. The summed E-state index contributed by atoms with van der Waals surface area (Å²) in [6.07, 6.45) is 8.06. The fourth-order valence-corrected chi connectivity index (χ4v) is 3.22. The highest BCUT2D eigenvalue weighted by atomic mass is 79.9. The topological polar surface area (TPSA) is 12.9 Å². The number of halogens is 1. The first-order valence-electron chi connectivity index (χ1n) is 7.50. The van der Waals surface area contributed by atoms with Gasteiger partial charge in [-0.2, -0.15) is 0 Å². The van der Waals surface area contributed by atoms with Crippen LogP contribution in [0.3, 0.4) is 0 Å². The van der Waals surface area contributed by atoms with Crippen molar-refractivity contribution in [1.82, 2.24) is 4.98 Å². The summed E-state index contributed by atoms with van der Waals surface area (Å²) < 4.78 is 1.10. The van der Waals surface area contributed by atoms with Gasteiger partial charge in [0.25, 0.3) is 0 Å². The Balaban J connectivity index is 1.82. The molecule has 0 saturated heterocycles. The maximum atomic E-state index is 4.27. The third-order valence-corrected chi connectivity index (χ3v) is 4.75. The number of hydrogen-bond donors (Lipinski definition) is 0. The molecular formula is C21H14BrN. The molecule has 2 heteroatoms. The fraction of sp³-hybridized carbons (Fsp3) is 0. The molecule has 4 rings (SSSR count). The van der Waals surface area contributed by atoms with E-state index < -0.39 is 0 Å². The Hall–Kier alpha value is -2.45. The van der Waals surface area contributed by atoms with Gasteiger partial charge < -0.3 is 0 Å². The van der Waals surface area contributed by atoms with Gasteiger partial charge in [-0.3, -0.25) is 4.98 Å². The number of aromatic nitrogens is 1. The summed E-state index contributed by atoms with van der Waals surface area (Å²) in [5, 5.41) is 4.90. The first-order chi connectivity index (χ1) is 11.3. The first kappa shape index (κ1) is 14.2. The summed E-state index contributed by atoms with van der Waals surface area (Å²) in [6.45, 7) is 0. The van der Waals surface area contributed by atoms with Crippen LogP contribution in [0, 0.1) is 0 Å². The van der Waals surface area contributed by atoms with Crippen molar-refractivity contribution in [2.24, 2.45) is 0 Å². The van der Waals surface area contributed by atoms with Gasteiger partial charge in [0, 0.05) is 22.3 Å². The highest BCUT2D eigenvalue weighted by Crippen LogP contribution is 2.26. The van der Waals surface area contributed by atoms with E-state index in [2.05, 4.69) is 81.6 Å². The first-order valence-corrected chi connectivity index (χ1v) is 8.30. The van der Waals surface area contributed by atoms with Crippen molar-refractivity contribution >= 4 is 49.6 Å². The van der Waals surface area contributed by atoms with E-state index >= 15 is 0 Å². The van der Waals surface area contributed by atoms with Gasteiger partial charge in [-0.15, -0.1) is 0 Å². The minimum Gasteiger partial charge on any atom is -0.264 e. The molecule has 0 amide bonds. The average molecular weight is 360 g/mol. The zero-order valence-corrected chi connectivity index (χ0v) is 14.0. The molecule has 1 nitrogen and oxygen atoms in total. The molecule has 0 aliphatic heterocycles. The van der Waals surface area contributed by atoms with E-state index in [-0.39, 0.29) is 0 Å². The predicted octanol–water partition coefficient (Wildman–Crippen LogP) is 6.32. The SMILES string of the molecule is Brc1ccccc1/C=C\c1ccc2ccc3ccncc3c2c1. The third kappa shape index (κ3) is 2.78. The fourth-order valence-electron chi connectivity index (χ4n) is 2.81. The summed E-state index contributed by atoms with van der Waals surface area (Å²) in [7, 11) is 0. The number of nitrogens with zero attached hydrogens (tertiary/aromatic N) is 1. The van der Waals surface area contributed by atoms with Crippen LogP contribution in [-0.4, -0.2) is 4.98 Å². The third-order valence-electron chi connectivity index (χ3n) is 4.03. The largest absolute Gasteiger partial charge is 0.264 e. The Morgan fingerprint density at radius 3 is 2.43 bits per heavy atom. The minimum atomic E-state index is 1.10. The summed E-state index contributed by atoms with van der Waals surface area (Å²) in [5.41, 5.74) is 2.36. The van der Waals surface area contributed by atoms with Gasteiger partial charge in [-0.25, -0.2) is 0 Å². The van der Waals surface area contributed by atoms with Crippen molar-refractivity contribution in [3.05, 3.63) is 88.7 Å². The second-order valence-electron chi connectivity index (χ2n) is 5.50. The quantitative estimate of drug-likeness (QED) is 0.301. The monoisotopic (exact) mass is 359 g/mol. The Labute approximate surface area is 143 Å². The lowest BCUT2D eigenvalue weighted by Gasteiger charge is -2.05. The molecule has 3 aromatic carbocycles. The van der Waals surface area contributed by atoms with Crippen molar-refractivity contribution in [2.75, 3.05) is 0 Å². The van der Waals surface area contributed by atoms with Crippen LogP contribution in [0.25, 0.3) is 33.7 Å². The molecular weight excluding hydrogens is 346 g/mol. The van der Waals surface area contributed by atoms with Gasteiger partial charge in [-0.1, -0.05) is 70.5 Å².